The fourth-order valence-corrected chi connectivity index (χ4v) is 4.39. The smallest absolute Gasteiger partial charge is 0.132 e. The van der Waals surface area contributed by atoms with Crippen molar-refractivity contribution in [2.24, 2.45) is 0 Å². The SMILES string of the molecule is Nc1ncc(CCO)c2scc(COc3cccc(-c4ccc(Cl)cc4)c3)c12. The number of aliphatic hydroxyl groups is 1. The van der Waals surface area contributed by atoms with Gasteiger partial charge in [0.2, 0.25) is 0 Å². The minimum absolute atomic E-state index is 0.0852. The van der Waals surface area contributed by atoms with Crippen LogP contribution in [0.4, 0.5) is 5.82 Å². The van der Waals surface area contributed by atoms with Crippen LogP contribution in [0.5, 0.6) is 5.75 Å². The van der Waals surface area contributed by atoms with E-state index in [9.17, 15) is 5.11 Å². The van der Waals surface area contributed by atoms with Crippen molar-refractivity contribution in [2.45, 2.75) is 13.0 Å². The summed E-state index contributed by atoms with van der Waals surface area (Å²) in [4.78, 5) is 4.28. The van der Waals surface area contributed by atoms with E-state index >= 15 is 0 Å². The largest absolute Gasteiger partial charge is 0.489 e. The second-order valence-electron chi connectivity index (χ2n) is 6.43. The van der Waals surface area contributed by atoms with Crippen molar-refractivity contribution in [3.8, 4) is 16.9 Å². The quantitative estimate of drug-likeness (QED) is 0.451. The van der Waals surface area contributed by atoms with Crippen LogP contribution in [-0.4, -0.2) is 16.7 Å². The maximum Gasteiger partial charge on any atom is 0.132 e. The van der Waals surface area contributed by atoms with Gasteiger partial charge in [0, 0.05) is 33.5 Å². The Kier molecular flexibility index (Phi) is 5.48. The number of halogens is 1. The van der Waals surface area contributed by atoms with Crippen LogP contribution in [0.15, 0.2) is 60.1 Å². The first-order valence-electron chi connectivity index (χ1n) is 8.89. The number of hydrogen-bond acceptors (Lipinski definition) is 5. The summed E-state index contributed by atoms with van der Waals surface area (Å²) in [7, 11) is 0. The zero-order valence-electron chi connectivity index (χ0n) is 15.1. The lowest BCUT2D eigenvalue weighted by molar-refractivity contribution is 0.300. The van der Waals surface area contributed by atoms with Crippen LogP contribution in [0.3, 0.4) is 0 Å². The molecule has 2 aromatic carbocycles. The molecular weight excluding hydrogens is 392 g/mol. The highest BCUT2D eigenvalue weighted by molar-refractivity contribution is 7.17. The number of aromatic nitrogens is 1. The highest BCUT2D eigenvalue weighted by Gasteiger charge is 2.13. The fourth-order valence-electron chi connectivity index (χ4n) is 3.16. The molecular formula is C22H19ClN2O2S. The number of ether oxygens (including phenoxy) is 1. The summed E-state index contributed by atoms with van der Waals surface area (Å²) >= 11 is 7.58. The van der Waals surface area contributed by atoms with Crippen molar-refractivity contribution in [2.75, 3.05) is 12.3 Å². The molecule has 0 unspecified atom stereocenters. The molecule has 0 spiro atoms. The molecule has 4 nitrogen and oxygen atoms in total. The first kappa shape index (κ1) is 18.7. The monoisotopic (exact) mass is 410 g/mol. The minimum Gasteiger partial charge on any atom is -0.489 e. The van der Waals surface area contributed by atoms with Gasteiger partial charge in [0.15, 0.2) is 0 Å². The summed E-state index contributed by atoms with van der Waals surface area (Å²) < 4.78 is 7.11. The van der Waals surface area contributed by atoms with Gasteiger partial charge in [-0.1, -0.05) is 35.9 Å². The summed E-state index contributed by atoms with van der Waals surface area (Å²) in [6.07, 6.45) is 2.30. The lowest BCUT2D eigenvalue weighted by Crippen LogP contribution is -2.00. The van der Waals surface area contributed by atoms with Crippen molar-refractivity contribution in [1.29, 1.82) is 0 Å². The van der Waals surface area contributed by atoms with Gasteiger partial charge in [-0.3, -0.25) is 0 Å². The van der Waals surface area contributed by atoms with E-state index in [4.69, 9.17) is 22.1 Å². The molecule has 0 aliphatic carbocycles. The fraction of sp³-hybridized carbons (Fsp3) is 0.136. The molecule has 2 aromatic heterocycles. The van der Waals surface area contributed by atoms with Crippen LogP contribution in [0.2, 0.25) is 5.02 Å². The standard InChI is InChI=1S/C22H19ClN2O2S/c23-18-6-4-14(5-7-18)15-2-1-3-19(10-15)27-12-17-13-28-21-16(8-9-26)11-25-22(24)20(17)21/h1-7,10-11,13,26H,8-9,12H2,(H2,24,25). The summed E-state index contributed by atoms with van der Waals surface area (Å²) in [6, 6.07) is 15.7. The van der Waals surface area contributed by atoms with Crippen LogP contribution < -0.4 is 10.5 Å². The van der Waals surface area contributed by atoms with Gasteiger partial charge in [-0.05, 0) is 52.8 Å². The lowest BCUT2D eigenvalue weighted by atomic mass is 10.1. The summed E-state index contributed by atoms with van der Waals surface area (Å²) in [5.74, 6) is 1.27. The molecule has 0 amide bonds. The van der Waals surface area contributed by atoms with E-state index in [1.54, 1.807) is 17.5 Å². The van der Waals surface area contributed by atoms with Crippen molar-refractivity contribution >= 4 is 38.8 Å². The second kappa shape index (κ2) is 8.19. The molecule has 6 heteroatoms. The van der Waals surface area contributed by atoms with Crippen LogP contribution in [0, 0.1) is 0 Å². The Bertz CT molecular complexity index is 1110. The minimum atomic E-state index is 0.0852. The third-order valence-corrected chi connectivity index (χ3v) is 5.92. The highest BCUT2D eigenvalue weighted by atomic mass is 35.5. The Morgan fingerprint density at radius 2 is 1.89 bits per heavy atom. The van der Waals surface area contributed by atoms with Crippen molar-refractivity contribution in [3.05, 3.63) is 76.3 Å². The molecule has 0 radical (unpaired) electrons. The van der Waals surface area contributed by atoms with Gasteiger partial charge in [-0.15, -0.1) is 11.3 Å². The zero-order chi connectivity index (χ0) is 19.5. The van der Waals surface area contributed by atoms with E-state index in [1.165, 1.54) is 0 Å². The Morgan fingerprint density at radius 1 is 1.07 bits per heavy atom. The average Bonchev–Trinajstić information content (AvgIpc) is 3.15. The average molecular weight is 411 g/mol. The summed E-state index contributed by atoms with van der Waals surface area (Å²) in [6.45, 7) is 0.487. The van der Waals surface area contributed by atoms with E-state index in [2.05, 4.69) is 4.98 Å². The Labute approximate surface area is 172 Å². The normalized spacial score (nSPS) is 11.1. The predicted molar refractivity (Wildman–Crippen MR) is 116 cm³/mol. The molecule has 0 atom stereocenters. The number of rotatable bonds is 6. The molecule has 0 bridgehead atoms. The number of nitrogens with two attached hydrogens (primary N) is 1. The summed E-state index contributed by atoms with van der Waals surface area (Å²) in [5.41, 5.74) is 10.3. The summed E-state index contributed by atoms with van der Waals surface area (Å²) in [5, 5.41) is 12.9. The number of aliphatic hydroxyl groups excluding tert-OH is 1. The number of nitrogen functional groups attached to an aromatic ring is 1. The molecule has 3 N–H and O–H groups in total. The Morgan fingerprint density at radius 3 is 2.68 bits per heavy atom. The zero-order valence-corrected chi connectivity index (χ0v) is 16.6. The van der Waals surface area contributed by atoms with Gasteiger partial charge in [0.05, 0.1) is 0 Å². The van der Waals surface area contributed by atoms with Crippen molar-refractivity contribution in [3.63, 3.8) is 0 Å². The predicted octanol–water partition coefficient (Wildman–Crippen LogP) is 5.31. The van der Waals surface area contributed by atoms with Crippen LogP contribution >= 0.6 is 22.9 Å². The first-order valence-corrected chi connectivity index (χ1v) is 10.1. The third-order valence-electron chi connectivity index (χ3n) is 4.56. The van der Waals surface area contributed by atoms with E-state index < -0.39 is 0 Å². The van der Waals surface area contributed by atoms with Gasteiger partial charge < -0.3 is 15.6 Å². The van der Waals surface area contributed by atoms with Crippen molar-refractivity contribution < 1.29 is 9.84 Å². The molecule has 4 aromatic rings. The van der Waals surface area contributed by atoms with Gasteiger partial charge >= 0.3 is 0 Å². The maximum atomic E-state index is 9.26. The first-order chi connectivity index (χ1) is 13.7. The van der Waals surface area contributed by atoms with E-state index in [-0.39, 0.29) is 6.61 Å². The van der Waals surface area contributed by atoms with Gasteiger partial charge in [0.1, 0.15) is 18.2 Å². The molecule has 142 valence electrons. The molecule has 4 rings (SSSR count). The van der Waals surface area contributed by atoms with Crippen LogP contribution in [0.1, 0.15) is 11.1 Å². The molecule has 2 heterocycles. The number of fused-ring (bicyclic) bond motifs is 1. The number of hydrogen-bond donors (Lipinski definition) is 2. The van der Waals surface area contributed by atoms with Crippen LogP contribution in [0.25, 0.3) is 21.2 Å². The second-order valence-corrected chi connectivity index (χ2v) is 7.75. The molecule has 0 fully saturated rings. The number of pyridine rings is 1. The van der Waals surface area contributed by atoms with Gasteiger partial charge in [-0.2, -0.15) is 0 Å². The van der Waals surface area contributed by atoms with Gasteiger partial charge in [-0.25, -0.2) is 4.98 Å². The van der Waals surface area contributed by atoms with E-state index in [1.807, 2.05) is 53.9 Å². The van der Waals surface area contributed by atoms with E-state index in [0.29, 0.717) is 23.9 Å². The molecule has 0 saturated heterocycles. The maximum absolute atomic E-state index is 9.26. The topological polar surface area (TPSA) is 68.4 Å². The van der Waals surface area contributed by atoms with Crippen molar-refractivity contribution in [1.82, 2.24) is 4.98 Å². The molecule has 0 aliphatic rings. The van der Waals surface area contributed by atoms with Crippen LogP contribution in [-0.2, 0) is 13.0 Å². The number of thiophene rings is 1. The third kappa shape index (κ3) is 3.83. The Balaban J connectivity index is 1.57. The van der Waals surface area contributed by atoms with E-state index in [0.717, 1.165) is 38.1 Å². The Hall–Kier alpha value is -2.60. The number of nitrogens with zero attached hydrogens (tertiary/aromatic N) is 1. The molecule has 0 saturated carbocycles. The lowest BCUT2D eigenvalue weighted by Gasteiger charge is -2.09. The molecule has 0 aliphatic heterocycles. The van der Waals surface area contributed by atoms with Gasteiger partial charge in [0.25, 0.3) is 0 Å². The number of anilines is 1. The molecule has 28 heavy (non-hydrogen) atoms. The number of benzene rings is 2. The highest BCUT2D eigenvalue weighted by Crippen LogP contribution is 2.33.